The summed E-state index contributed by atoms with van der Waals surface area (Å²) in [4.78, 5) is 23.0. The van der Waals surface area contributed by atoms with E-state index in [1.807, 2.05) is 13.8 Å². The molecule has 0 bridgehead atoms. The van der Waals surface area contributed by atoms with Crippen molar-refractivity contribution in [3.63, 3.8) is 0 Å². The first-order valence-electron chi connectivity index (χ1n) is 6.03. The zero-order chi connectivity index (χ0) is 13.3. The van der Waals surface area contributed by atoms with Crippen molar-refractivity contribution < 1.29 is 19.1 Å². The van der Waals surface area contributed by atoms with Crippen molar-refractivity contribution in [3.8, 4) is 5.75 Å². The zero-order valence-electron chi connectivity index (χ0n) is 10.8. The van der Waals surface area contributed by atoms with E-state index in [2.05, 4.69) is 11.7 Å². The van der Waals surface area contributed by atoms with Gasteiger partial charge in [-0.3, -0.25) is 0 Å². The van der Waals surface area contributed by atoms with Gasteiger partial charge in [-0.05, 0) is 32.4 Å². The van der Waals surface area contributed by atoms with Crippen LogP contribution in [0.2, 0.25) is 0 Å². The van der Waals surface area contributed by atoms with Gasteiger partial charge in [-0.15, -0.1) is 0 Å². The van der Waals surface area contributed by atoms with Gasteiger partial charge in [0.2, 0.25) is 0 Å². The number of esters is 2. The van der Waals surface area contributed by atoms with Crippen molar-refractivity contribution in [1.82, 2.24) is 0 Å². The van der Waals surface area contributed by atoms with Gasteiger partial charge in [0, 0.05) is 0 Å². The highest BCUT2D eigenvalue weighted by Gasteiger charge is 2.34. The number of hydrogen-bond acceptors (Lipinski definition) is 4. The lowest BCUT2D eigenvalue weighted by atomic mass is 10.0. The van der Waals surface area contributed by atoms with E-state index in [1.165, 1.54) is 0 Å². The Bertz CT molecular complexity index is 503. The highest BCUT2D eigenvalue weighted by molar-refractivity contribution is 6.16. The first-order valence-corrected chi connectivity index (χ1v) is 6.03. The third-order valence-electron chi connectivity index (χ3n) is 2.87. The number of carbonyl (C=O) groups is 2. The van der Waals surface area contributed by atoms with Crippen molar-refractivity contribution >= 4 is 11.9 Å². The van der Waals surface area contributed by atoms with E-state index in [0.29, 0.717) is 5.75 Å². The molecule has 0 N–H and O–H groups in total. The van der Waals surface area contributed by atoms with Gasteiger partial charge in [-0.25, -0.2) is 9.59 Å². The molecule has 1 aromatic carbocycles. The molecule has 4 nitrogen and oxygen atoms in total. The number of ether oxygens (including phenoxy) is 2. The number of fused-ring (bicyclic) bond motifs is 1. The van der Waals surface area contributed by atoms with Gasteiger partial charge in [-0.2, -0.15) is 0 Å². The quantitative estimate of drug-likeness (QED) is 0.607. The standard InChI is InChI=1S/C14H16O4/c1-4-8-14(2,3)18-10-7-5-6-9-11(10)13(16)17-12(9)15/h5-7H,4,8H2,1-3H3. The Balaban J connectivity index is 2.36. The number of carbonyl (C=O) groups excluding carboxylic acids is 2. The van der Waals surface area contributed by atoms with Crippen LogP contribution < -0.4 is 4.74 Å². The molecule has 0 amide bonds. The van der Waals surface area contributed by atoms with Gasteiger partial charge >= 0.3 is 11.9 Å². The molecule has 1 aliphatic rings. The van der Waals surface area contributed by atoms with E-state index in [4.69, 9.17) is 4.74 Å². The van der Waals surface area contributed by atoms with Gasteiger partial charge in [0.05, 0.1) is 5.56 Å². The monoisotopic (exact) mass is 248 g/mol. The summed E-state index contributed by atoms with van der Waals surface area (Å²) in [5.41, 5.74) is 0.145. The van der Waals surface area contributed by atoms with Crippen LogP contribution in [0.1, 0.15) is 54.3 Å². The largest absolute Gasteiger partial charge is 0.487 e. The highest BCUT2D eigenvalue weighted by atomic mass is 16.6. The van der Waals surface area contributed by atoms with Gasteiger partial charge in [-0.1, -0.05) is 19.4 Å². The van der Waals surface area contributed by atoms with Gasteiger partial charge in [0.15, 0.2) is 0 Å². The molecule has 96 valence electrons. The van der Waals surface area contributed by atoms with Crippen LogP contribution in [-0.4, -0.2) is 17.5 Å². The van der Waals surface area contributed by atoms with Crippen LogP contribution in [0.4, 0.5) is 0 Å². The van der Waals surface area contributed by atoms with Crippen molar-refractivity contribution in [3.05, 3.63) is 29.3 Å². The van der Waals surface area contributed by atoms with Crippen molar-refractivity contribution in [2.24, 2.45) is 0 Å². The van der Waals surface area contributed by atoms with Crippen LogP contribution in [0, 0.1) is 0 Å². The highest BCUT2D eigenvalue weighted by Crippen LogP contribution is 2.32. The fourth-order valence-corrected chi connectivity index (χ4v) is 2.14. The van der Waals surface area contributed by atoms with Gasteiger partial charge in [0.25, 0.3) is 0 Å². The lowest BCUT2D eigenvalue weighted by Gasteiger charge is -2.26. The second-order valence-electron chi connectivity index (χ2n) is 4.97. The topological polar surface area (TPSA) is 52.6 Å². The Hall–Kier alpha value is -1.84. The molecule has 0 radical (unpaired) electrons. The van der Waals surface area contributed by atoms with Crippen LogP contribution >= 0.6 is 0 Å². The number of rotatable bonds is 4. The van der Waals surface area contributed by atoms with Crippen LogP contribution in [0.5, 0.6) is 5.75 Å². The van der Waals surface area contributed by atoms with E-state index in [9.17, 15) is 9.59 Å². The maximum Gasteiger partial charge on any atom is 0.350 e. The normalized spacial score (nSPS) is 14.4. The van der Waals surface area contributed by atoms with E-state index >= 15 is 0 Å². The Morgan fingerprint density at radius 3 is 2.61 bits per heavy atom. The Labute approximate surface area is 106 Å². The third kappa shape index (κ3) is 2.23. The molecule has 0 spiro atoms. The van der Waals surface area contributed by atoms with Gasteiger partial charge in [0.1, 0.15) is 16.9 Å². The molecule has 0 atom stereocenters. The van der Waals surface area contributed by atoms with E-state index in [-0.39, 0.29) is 16.7 Å². The van der Waals surface area contributed by atoms with Crippen molar-refractivity contribution in [2.75, 3.05) is 0 Å². The molecule has 4 heteroatoms. The number of hydrogen-bond donors (Lipinski definition) is 0. The molecule has 1 heterocycles. The predicted molar refractivity (Wildman–Crippen MR) is 65.8 cm³/mol. The fourth-order valence-electron chi connectivity index (χ4n) is 2.14. The maximum absolute atomic E-state index is 11.6. The third-order valence-corrected chi connectivity index (χ3v) is 2.87. The molecule has 0 aliphatic carbocycles. The van der Waals surface area contributed by atoms with Gasteiger partial charge < -0.3 is 9.47 Å². The minimum Gasteiger partial charge on any atom is -0.487 e. The van der Waals surface area contributed by atoms with Crippen LogP contribution in [0.25, 0.3) is 0 Å². The molecule has 2 rings (SSSR count). The molecule has 18 heavy (non-hydrogen) atoms. The molecular formula is C14H16O4. The first-order chi connectivity index (χ1) is 8.44. The second-order valence-corrected chi connectivity index (χ2v) is 4.97. The summed E-state index contributed by atoms with van der Waals surface area (Å²) >= 11 is 0. The Kier molecular flexibility index (Phi) is 3.11. The average molecular weight is 248 g/mol. The first kappa shape index (κ1) is 12.6. The van der Waals surface area contributed by atoms with E-state index in [1.54, 1.807) is 18.2 Å². The molecule has 0 aromatic heterocycles. The molecule has 1 aliphatic heterocycles. The summed E-state index contributed by atoms with van der Waals surface area (Å²) in [5, 5.41) is 0. The molecule has 0 unspecified atom stereocenters. The lowest BCUT2D eigenvalue weighted by molar-refractivity contribution is 0.0439. The van der Waals surface area contributed by atoms with Crippen LogP contribution in [0.3, 0.4) is 0 Å². The summed E-state index contributed by atoms with van der Waals surface area (Å²) < 4.78 is 10.4. The van der Waals surface area contributed by atoms with E-state index in [0.717, 1.165) is 12.8 Å². The van der Waals surface area contributed by atoms with E-state index < -0.39 is 11.9 Å². The molecule has 1 aromatic rings. The SMILES string of the molecule is CCCC(C)(C)Oc1cccc2c1C(=O)OC2=O. The summed E-state index contributed by atoms with van der Waals surface area (Å²) in [6, 6.07) is 4.95. The summed E-state index contributed by atoms with van der Waals surface area (Å²) in [6.07, 6.45) is 1.84. The minimum atomic E-state index is -0.627. The molecular weight excluding hydrogens is 232 g/mol. The molecule has 0 saturated carbocycles. The predicted octanol–water partition coefficient (Wildman–Crippen LogP) is 2.95. The second kappa shape index (κ2) is 4.44. The Morgan fingerprint density at radius 1 is 1.22 bits per heavy atom. The van der Waals surface area contributed by atoms with Crippen molar-refractivity contribution in [2.45, 2.75) is 39.2 Å². The smallest absolute Gasteiger partial charge is 0.350 e. The minimum absolute atomic E-state index is 0.242. The zero-order valence-corrected chi connectivity index (χ0v) is 10.8. The van der Waals surface area contributed by atoms with Crippen LogP contribution in [-0.2, 0) is 4.74 Å². The number of benzene rings is 1. The maximum atomic E-state index is 11.6. The molecule has 0 fully saturated rings. The van der Waals surface area contributed by atoms with Crippen molar-refractivity contribution in [1.29, 1.82) is 0 Å². The summed E-state index contributed by atoms with van der Waals surface area (Å²) in [5.74, 6) is -0.812. The molecule has 0 saturated heterocycles. The lowest BCUT2D eigenvalue weighted by Crippen LogP contribution is -2.28. The summed E-state index contributed by atoms with van der Waals surface area (Å²) in [6.45, 7) is 5.98. The Morgan fingerprint density at radius 2 is 1.94 bits per heavy atom. The average Bonchev–Trinajstić information content (AvgIpc) is 2.55. The number of cyclic esters (lactones) is 2. The van der Waals surface area contributed by atoms with Crippen LogP contribution in [0.15, 0.2) is 18.2 Å². The fraction of sp³-hybridized carbons (Fsp3) is 0.429. The summed E-state index contributed by atoms with van der Waals surface area (Å²) in [7, 11) is 0.